The third-order valence-corrected chi connectivity index (χ3v) is 2.87. The Bertz CT molecular complexity index is 404. The highest BCUT2D eigenvalue weighted by Crippen LogP contribution is 2.16. The maximum atomic E-state index is 12.2. The Labute approximate surface area is 114 Å². The predicted molar refractivity (Wildman–Crippen MR) is 75.8 cm³/mol. The maximum absolute atomic E-state index is 12.2. The average molecular weight is 262 g/mol. The lowest BCUT2D eigenvalue weighted by Crippen LogP contribution is -2.38. The van der Waals surface area contributed by atoms with Crippen molar-refractivity contribution >= 4 is 11.7 Å². The number of benzene rings is 1. The zero-order valence-electron chi connectivity index (χ0n) is 11.6. The number of rotatable bonds is 8. The van der Waals surface area contributed by atoms with Gasteiger partial charge in [-0.05, 0) is 19.0 Å². The number of hydrogen-bond donors (Lipinski definition) is 2. The zero-order valence-corrected chi connectivity index (χ0v) is 11.6. The van der Waals surface area contributed by atoms with Crippen LogP contribution in [0.5, 0.6) is 0 Å². The highest BCUT2D eigenvalue weighted by molar-refractivity contribution is 5.90. The average Bonchev–Trinajstić information content (AvgIpc) is 2.43. The molecule has 0 fully saturated rings. The van der Waals surface area contributed by atoms with Crippen LogP contribution in [0.15, 0.2) is 30.3 Å². The van der Waals surface area contributed by atoms with Crippen molar-refractivity contribution in [2.75, 3.05) is 13.6 Å². The molecule has 0 aliphatic heterocycles. The SMILES string of the molecule is CCCCC(=O)C(NC(=O)CNC)c1ccccc1. The second-order valence-electron chi connectivity index (χ2n) is 4.51. The largest absolute Gasteiger partial charge is 0.341 e. The van der Waals surface area contributed by atoms with E-state index in [0.29, 0.717) is 6.42 Å². The number of carbonyl (C=O) groups excluding carboxylic acids is 2. The normalized spacial score (nSPS) is 11.9. The van der Waals surface area contributed by atoms with E-state index in [4.69, 9.17) is 0 Å². The van der Waals surface area contributed by atoms with Gasteiger partial charge in [0.15, 0.2) is 5.78 Å². The van der Waals surface area contributed by atoms with Crippen molar-refractivity contribution in [3.05, 3.63) is 35.9 Å². The second kappa shape index (κ2) is 8.43. The van der Waals surface area contributed by atoms with Gasteiger partial charge in [-0.25, -0.2) is 0 Å². The molecule has 1 rings (SSSR count). The maximum Gasteiger partial charge on any atom is 0.234 e. The fraction of sp³-hybridized carbons (Fsp3) is 0.467. The first kappa shape index (κ1) is 15.4. The van der Waals surface area contributed by atoms with Crippen LogP contribution in [-0.4, -0.2) is 25.3 Å². The van der Waals surface area contributed by atoms with Crippen LogP contribution in [0.3, 0.4) is 0 Å². The van der Waals surface area contributed by atoms with Crippen LogP contribution < -0.4 is 10.6 Å². The number of ketones is 1. The Kier molecular flexibility index (Phi) is 6.82. The number of likely N-dealkylation sites (N-methyl/N-ethyl adjacent to an activating group) is 1. The second-order valence-corrected chi connectivity index (χ2v) is 4.51. The molecule has 1 amide bonds. The number of unbranched alkanes of at least 4 members (excludes halogenated alkanes) is 1. The molecule has 1 atom stereocenters. The fourth-order valence-corrected chi connectivity index (χ4v) is 1.86. The van der Waals surface area contributed by atoms with Crippen LogP contribution in [0.1, 0.15) is 37.8 Å². The number of amides is 1. The van der Waals surface area contributed by atoms with Crippen LogP contribution >= 0.6 is 0 Å². The lowest BCUT2D eigenvalue weighted by atomic mass is 9.99. The molecule has 0 spiro atoms. The van der Waals surface area contributed by atoms with E-state index in [0.717, 1.165) is 18.4 Å². The predicted octanol–water partition coefficient (Wildman–Crippen LogP) is 1.82. The molecule has 2 N–H and O–H groups in total. The summed E-state index contributed by atoms with van der Waals surface area (Å²) < 4.78 is 0. The van der Waals surface area contributed by atoms with Gasteiger partial charge in [-0.15, -0.1) is 0 Å². The highest BCUT2D eigenvalue weighted by Gasteiger charge is 2.21. The minimum absolute atomic E-state index is 0.0671. The van der Waals surface area contributed by atoms with Gasteiger partial charge in [0.25, 0.3) is 0 Å². The monoisotopic (exact) mass is 262 g/mol. The minimum Gasteiger partial charge on any atom is -0.341 e. The smallest absolute Gasteiger partial charge is 0.234 e. The van der Waals surface area contributed by atoms with E-state index in [2.05, 4.69) is 10.6 Å². The summed E-state index contributed by atoms with van der Waals surface area (Å²) in [5, 5.41) is 5.57. The summed E-state index contributed by atoms with van der Waals surface area (Å²) in [7, 11) is 1.70. The van der Waals surface area contributed by atoms with E-state index in [9.17, 15) is 9.59 Å². The highest BCUT2D eigenvalue weighted by atomic mass is 16.2. The van der Waals surface area contributed by atoms with Gasteiger partial charge in [-0.2, -0.15) is 0 Å². The number of Topliss-reactive ketones (excluding diaryl/α,β-unsaturated/α-hetero) is 1. The molecule has 0 radical (unpaired) electrons. The van der Waals surface area contributed by atoms with Gasteiger partial charge < -0.3 is 10.6 Å². The summed E-state index contributed by atoms with van der Waals surface area (Å²) >= 11 is 0. The molecule has 0 aromatic heterocycles. The minimum atomic E-state index is -0.534. The van der Waals surface area contributed by atoms with Gasteiger partial charge in [-0.1, -0.05) is 43.7 Å². The molecular formula is C15H22N2O2. The third-order valence-electron chi connectivity index (χ3n) is 2.87. The van der Waals surface area contributed by atoms with Crippen molar-refractivity contribution in [2.24, 2.45) is 0 Å². The molecule has 0 aliphatic rings. The molecule has 0 saturated heterocycles. The van der Waals surface area contributed by atoms with Crippen molar-refractivity contribution < 1.29 is 9.59 Å². The van der Waals surface area contributed by atoms with Crippen LogP contribution in [-0.2, 0) is 9.59 Å². The lowest BCUT2D eigenvalue weighted by molar-refractivity contribution is -0.127. The fourth-order valence-electron chi connectivity index (χ4n) is 1.86. The summed E-state index contributed by atoms with van der Waals surface area (Å²) in [6.07, 6.45) is 2.32. The Morgan fingerprint density at radius 1 is 1.21 bits per heavy atom. The topological polar surface area (TPSA) is 58.2 Å². The van der Waals surface area contributed by atoms with E-state index in [1.54, 1.807) is 7.05 Å². The quantitative estimate of drug-likeness (QED) is 0.751. The molecular weight excluding hydrogens is 240 g/mol. The molecule has 0 aliphatic carbocycles. The molecule has 19 heavy (non-hydrogen) atoms. The van der Waals surface area contributed by atoms with Gasteiger partial charge in [0.2, 0.25) is 5.91 Å². The Morgan fingerprint density at radius 2 is 1.89 bits per heavy atom. The van der Waals surface area contributed by atoms with Crippen molar-refractivity contribution in [1.29, 1.82) is 0 Å². The first-order chi connectivity index (χ1) is 9.19. The first-order valence-corrected chi connectivity index (χ1v) is 6.70. The van der Waals surface area contributed by atoms with Gasteiger partial charge in [0, 0.05) is 6.42 Å². The van der Waals surface area contributed by atoms with E-state index < -0.39 is 6.04 Å². The van der Waals surface area contributed by atoms with Crippen LogP contribution in [0.25, 0.3) is 0 Å². The summed E-state index contributed by atoms with van der Waals surface area (Å²) in [5.41, 5.74) is 0.841. The van der Waals surface area contributed by atoms with Crippen molar-refractivity contribution in [2.45, 2.75) is 32.2 Å². The molecule has 104 valence electrons. The zero-order chi connectivity index (χ0) is 14.1. The molecule has 1 aromatic rings. The van der Waals surface area contributed by atoms with Crippen molar-refractivity contribution in [1.82, 2.24) is 10.6 Å². The summed E-state index contributed by atoms with van der Waals surface area (Å²) in [6.45, 7) is 2.26. The van der Waals surface area contributed by atoms with Crippen LogP contribution in [0.2, 0.25) is 0 Å². The van der Waals surface area contributed by atoms with E-state index in [-0.39, 0.29) is 18.2 Å². The molecule has 4 nitrogen and oxygen atoms in total. The summed E-state index contributed by atoms with van der Waals surface area (Å²) in [4.78, 5) is 23.9. The Balaban J connectivity index is 2.79. The number of nitrogens with one attached hydrogen (secondary N) is 2. The molecule has 0 heterocycles. The van der Waals surface area contributed by atoms with Gasteiger partial charge in [-0.3, -0.25) is 9.59 Å². The van der Waals surface area contributed by atoms with Crippen molar-refractivity contribution in [3.63, 3.8) is 0 Å². The van der Waals surface area contributed by atoms with Crippen molar-refractivity contribution in [3.8, 4) is 0 Å². The lowest BCUT2D eigenvalue weighted by Gasteiger charge is -2.18. The molecule has 1 aromatic carbocycles. The summed E-state index contributed by atoms with van der Waals surface area (Å²) in [5.74, 6) is -0.0984. The van der Waals surface area contributed by atoms with Crippen LogP contribution in [0.4, 0.5) is 0 Å². The molecule has 4 heteroatoms. The number of carbonyl (C=O) groups is 2. The molecule has 0 saturated carbocycles. The van der Waals surface area contributed by atoms with E-state index in [1.165, 1.54) is 0 Å². The van der Waals surface area contributed by atoms with E-state index >= 15 is 0 Å². The Hall–Kier alpha value is -1.68. The standard InChI is InChI=1S/C15H22N2O2/c1-3-4-10-13(18)15(17-14(19)11-16-2)12-8-6-5-7-9-12/h5-9,15-16H,3-4,10-11H2,1-2H3,(H,17,19). The summed E-state index contributed by atoms with van der Waals surface area (Å²) in [6, 6.07) is 8.85. The first-order valence-electron chi connectivity index (χ1n) is 6.70. The number of hydrogen-bond acceptors (Lipinski definition) is 3. The van der Waals surface area contributed by atoms with Gasteiger partial charge in [0.05, 0.1) is 6.54 Å². The third kappa shape index (κ3) is 5.22. The molecule has 0 bridgehead atoms. The van der Waals surface area contributed by atoms with Crippen LogP contribution in [0, 0.1) is 0 Å². The molecule has 1 unspecified atom stereocenters. The van der Waals surface area contributed by atoms with Gasteiger partial charge in [0.1, 0.15) is 6.04 Å². The van der Waals surface area contributed by atoms with Gasteiger partial charge >= 0.3 is 0 Å². The van der Waals surface area contributed by atoms with E-state index in [1.807, 2.05) is 37.3 Å². The Morgan fingerprint density at radius 3 is 2.47 bits per heavy atom.